The second-order valence-corrected chi connectivity index (χ2v) is 7.50. The summed E-state index contributed by atoms with van der Waals surface area (Å²) in [5.41, 5.74) is 4.86. The van der Waals surface area contributed by atoms with Gasteiger partial charge in [0.05, 0.1) is 16.9 Å². The van der Waals surface area contributed by atoms with E-state index in [1.165, 1.54) is 18.3 Å². The van der Waals surface area contributed by atoms with E-state index in [9.17, 15) is 9.59 Å². The van der Waals surface area contributed by atoms with Crippen molar-refractivity contribution in [2.45, 2.75) is 34.3 Å². The Morgan fingerprint density at radius 2 is 1.71 bits per heavy atom. The van der Waals surface area contributed by atoms with Gasteiger partial charge in [-0.25, -0.2) is 9.78 Å². The number of hydrogen-bond donors (Lipinski definition) is 0. The van der Waals surface area contributed by atoms with Crippen LogP contribution in [0.25, 0.3) is 0 Å². The third-order valence-corrected chi connectivity index (χ3v) is 5.17. The summed E-state index contributed by atoms with van der Waals surface area (Å²) in [6.07, 6.45) is 0. The van der Waals surface area contributed by atoms with Crippen molar-refractivity contribution in [1.29, 1.82) is 0 Å². The highest BCUT2D eigenvalue weighted by molar-refractivity contribution is 7.14. The van der Waals surface area contributed by atoms with Crippen LogP contribution < -0.4 is 4.90 Å². The monoisotopic (exact) mass is 394 g/mol. The lowest BCUT2D eigenvalue weighted by atomic mass is 10.00. The Labute approximate surface area is 168 Å². The van der Waals surface area contributed by atoms with E-state index < -0.39 is 0 Å². The van der Waals surface area contributed by atoms with Gasteiger partial charge in [0.1, 0.15) is 6.61 Å². The zero-order valence-corrected chi connectivity index (χ0v) is 17.2. The molecule has 0 unspecified atom stereocenters. The molecule has 5 nitrogen and oxygen atoms in total. The Morgan fingerprint density at radius 3 is 2.32 bits per heavy atom. The number of hydrogen-bond acceptors (Lipinski definition) is 5. The minimum absolute atomic E-state index is 0.0582. The van der Waals surface area contributed by atoms with Crippen molar-refractivity contribution < 1.29 is 14.3 Å². The van der Waals surface area contributed by atoms with Crippen molar-refractivity contribution in [1.82, 2.24) is 4.98 Å². The first-order valence-corrected chi connectivity index (χ1v) is 9.80. The molecule has 3 aromatic rings. The van der Waals surface area contributed by atoms with Crippen molar-refractivity contribution in [2.75, 3.05) is 4.90 Å². The van der Waals surface area contributed by atoms with Crippen molar-refractivity contribution in [3.05, 3.63) is 75.8 Å². The van der Waals surface area contributed by atoms with E-state index in [1.807, 2.05) is 63.2 Å². The highest BCUT2D eigenvalue weighted by Gasteiger charge is 2.19. The quantitative estimate of drug-likeness (QED) is 0.564. The summed E-state index contributed by atoms with van der Waals surface area (Å²) in [6.45, 7) is 7.36. The molecule has 0 N–H and O–H groups in total. The second-order valence-electron chi connectivity index (χ2n) is 6.66. The van der Waals surface area contributed by atoms with Gasteiger partial charge in [0, 0.05) is 12.3 Å². The molecule has 0 saturated heterocycles. The molecule has 6 heteroatoms. The van der Waals surface area contributed by atoms with E-state index in [0.717, 1.165) is 22.4 Å². The van der Waals surface area contributed by atoms with Crippen LogP contribution in [0.5, 0.6) is 0 Å². The molecule has 0 saturated carbocycles. The highest BCUT2D eigenvalue weighted by Crippen LogP contribution is 2.29. The maximum atomic E-state index is 12.5. The van der Waals surface area contributed by atoms with E-state index in [1.54, 1.807) is 10.3 Å². The number of thiazole rings is 1. The number of rotatable bonds is 5. The Bertz CT molecular complexity index is 989. The lowest BCUT2D eigenvalue weighted by Gasteiger charge is -2.17. The minimum Gasteiger partial charge on any atom is -0.456 e. The van der Waals surface area contributed by atoms with E-state index in [0.29, 0.717) is 16.4 Å². The number of nitrogens with zero attached hydrogens (tertiary/aromatic N) is 2. The second kappa shape index (κ2) is 8.35. The first kappa shape index (κ1) is 19.8. The summed E-state index contributed by atoms with van der Waals surface area (Å²) in [6, 6.07) is 13.3. The van der Waals surface area contributed by atoms with Gasteiger partial charge in [-0.05, 0) is 44.0 Å². The predicted molar refractivity (Wildman–Crippen MR) is 111 cm³/mol. The average Bonchev–Trinajstić information content (AvgIpc) is 3.08. The van der Waals surface area contributed by atoms with E-state index in [-0.39, 0.29) is 18.5 Å². The number of aromatic nitrogens is 1. The van der Waals surface area contributed by atoms with Crippen LogP contribution in [-0.4, -0.2) is 16.9 Å². The Kier molecular flexibility index (Phi) is 5.90. The summed E-state index contributed by atoms with van der Waals surface area (Å²) < 4.78 is 5.48. The molecule has 0 aliphatic rings. The van der Waals surface area contributed by atoms with Gasteiger partial charge in [0.15, 0.2) is 5.13 Å². The maximum absolute atomic E-state index is 12.5. The highest BCUT2D eigenvalue weighted by atomic mass is 32.1. The average molecular weight is 394 g/mol. The fourth-order valence-corrected chi connectivity index (χ4v) is 4.05. The third-order valence-electron chi connectivity index (χ3n) is 4.29. The Hall–Kier alpha value is -2.99. The lowest BCUT2D eigenvalue weighted by Crippen LogP contribution is -2.22. The van der Waals surface area contributed by atoms with Crippen LogP contribution >= 0.6 is 11.3 Å². The molecule has 0 atom stereocenters. The number of anilines is 2. The first-order valence-electron chi connectivity index (χ1n) is 8.92. The SMILES string of the molecule is CC(=O)N(c1ccccc1)c1nc(COC(=O)c2c(C)cc(C)cc2C)cs1. The fourth-order valence-electron chi connectivity index (χ4n) is 3.18. The minimum atomic E-state index is -0.365. The number of benzene rings is 2. The van der Waals surface area contributed by atoms with Gasteiger partial charge < -0.3 is 4.74 Å². The number of amides is 1. The number of carbonyl (C=O) groups is 2. The fraction of sp³-hybridized carbons (Fsp3) is 0.227. The lowest BCUT2D eigenvalue weighted by molar-refractivity contribution is -0.115. The van der Waals surface area contributed by atoms with Crippen molar-refractivity contribution in [3.63, 3.8) is 0 Å². The molecule has 0 bridgehead atoms. The summed E-state index contributed by atoms with van der Waals surface area (Å²) in [7, 11) is 0. The number of aryl methyl sites for hydroxylation is 3. The van der Waals surface area contributed by atoms with Crippen LogP contribution in [-0.2, 0) is 16.1 Å². The van der Waals surface area contributed by atoms with Crippen LogP contribution in [0.15, 0.2) is 47.8 Å². The molecule has 0 aliphatic heterocycles. The summed E-state index contributed by atoms with van der Waals surface area (Å²) >= 11 is 1.34. The maximum Gasteiger partial charge on any atom is 0.339 e. The largest absolute Gasteiger partial charge is 0.456 e. The predicted octanol–water partition coefficient (Wildman–Crippen LogP) is 5.11. The van der Waals surface area contributed by atoms with Crippen LogP contribution in [0.4, 0.5) is 10.8 Å². The van der Waals surface area contributed by atoms with Gasteiger partial charge in [-0.15, -0.1) is 11.3 Å². The van der Waals surface area contributed by atoms with E-state index in [2.05, 4.69) is 4.98 Å². The molecule has 0 fully saturated rings. The van der Waals surface area contributed by atoms with Crippen LogP contribution in [0.1, 0.15) is 39.7 Å². The molecule has 144 valence electrons. The van der Waals surface area contributed by atoms with Crippen molar-refractivity contribution in [2.24, 2.45) is 0 Å². The van der Waals surface area contributed by atoms with Gasteiger partial charge in [0.25, 0.3) is 0 Å². The molecule has 0 radical (unpaired) electrons. The smallest absolute Gasteiger partial charge is 0.339 e. The molecular formula is C22H22N2O3S. The molecule has 0 spiro atoms. The van der Waals surface area contributed by atoms with Gasteiger partial charge in [0.2, 0.25) is 5.91 Å². The van der Waals surface area contributed by atoms with E-state index in [4.69, 9.17) is 4.74 Å². The number of carbonyl (C=O) groups excluding carboxylic acids is 2. The number of para-hydroxylation sites is 1. The van der Waals surface area contributed by atoms with Crippen molar-refractivity contribution >= 4 is 34.0 Å². The zero-order chi connectivity index (χ0) is 20.3. The number of esters is 1. The van der Waals surface area contributed by atoms with Crippen LogP contribution in [0, 0.1) is 20.8 Å². The third kappa shape index (κ3) is 4.28. The summed E-state index contributed by atoms with van der Waals surface area (Å²) in [4.78, 5) is 30.7. The molecule has 28 heavy (non-hydrogen) atoms. The van der Waals surface area contributed by atoms with Gasteiger partial charge in [-0.3, -0.25) is 9.69 Å². The van der Waals surface area contributed by atoms with Crippen LogP contribution in [0.3, 0.4) is 0 Å². The van der Waals surface area contributed by atoms with E-state index >= 15 is 0 Å². The molecule has 1 amide bonds. The van der Waals surface area contributed by atoms with Gasteiger partial charge >= 0.3 is 5.97 Å². The van der Waals surface area contributed by atoms with Gasteiger partial charge in [-0.2, -0.15) is 0 Å². The molecule has 0 aliphatic carbocycles. The summed E-state index contributed by atoms with van der Waals surface area (Å²) in [5, 5.41) is 2.35. The topological polar surface area (TPSA) is 59.5 Å². The summed E-state index contributed by atoms with van der Waals surface area (Å²) in [5.74, 6) is -0.494. The van der Waals surface area contributed by atoms with Crippen molar-refractivity contribution in [3.8, 4) is 0 Å². The molecule has 3 rings (SSSR count). The van der Waals surface area contributed by atoms with Crippen LogP contribution in [0.2, 0.25) is 0 Å². The normalized spacial score (nSPS) is 10.6. The standard InChI is InChI=1S/C22H22N2O3S/c1-14-10-15(2)20(16(3)11-14)21(26)27-12-18-13-28-22(23-18)24(17(4)25)19-8-6-5-7-9-19/h5-11,13H,12H2,1-4H3. The molecule has 2 aromatic carbocycles. The molecular weight excluding hydrogens is 372 g/mol. The zero-order valence-electron chi connectivity index (χ0n) is 16.4. The Morgan fingerprint density at radius 1 is 1.07 bits per heavy atom. The molecule has 1 heterocycles. The first-order chi connectivity index (χ1) is 13.4. The Balaban J connectivity index is 1.74. The molecule has 1 aromatic heterocycles. The van der Waals surface area contributed by atoms with Gasteiger partial charge in [-0.1, -0.05) is 35.9 Å². The number of ether oxygens (including phenoxy) is 1.